The van der Waals surface area contributed by atoms with Gasteiger partial charge in [-0.05, 0) is 27.8 Å². The van der Waals surface area contributed by atoms with Crippen LogP contribution >= 0.6 is 0 Å². The summed E-state index contributed by atoms with van der Waals surface area (Å²) >= 11 is 0. The molecule has 13 heavy (non-hydrogen) atoms. The third-order valence-electron chi connectivity index (χ3n) is 2.09. The summed E-state index contributed by atoms with van der Waals surface area (Å²) in [6.45, 7) is 6.82. The first-order valence-electron chi connectivity index (χ1n) is 4.42. The van der Waals surface area contributed by atoms with Crippen LogP contribution in [0, 0.1) is 0 Å². The number of hydrogen-bond donors (Lipinski definition) is 2. The second-order valence-corrected chi connectivity index (χ2v) is 4.41. The molecular weight excluding hydrogens is 168 g/mol. The highest BCUT2D eigenvalue weighted by Gasteiger charge is 2.19. The first-order chi connectivity index (χ1) is 5.73. The molecule has 0 aromatic rings. The van der Waals surface area contributed by atoms with Crippen molar-refractivity contribution in [2.45, 2.75) is 38.8 Å². The molecule has 0 aromatic heterocycles. The molecule has 0 spiro atoms. The molecule has 0 saturated heterocycles. The van der Waals surface area contributed by atoms with Crippen LogP contribution in [-0.2, 0) is 4.79 Å². The molecule has 0 rings (SSSR count). The number of rotatable bonds is 4. The van der Waals surface area contributed by atoms with E-state index in [-0.39, 0.29) is 18.0 Å². The number of carbonyl (C=O) groups is 1. The van der Waals surface area contributed by atoms with Crippen molar-refractivity contribution in [2.24, 2.45) is 5.73 Å². The molecule has 0 aromatic carbocycles. The molecule has 0 fully saturated rings. The summed E-state index contributed by atoms with van der Waals surface area (Å²) < 4.78 is 0. The topological polar surface area (TPSA) is 66.6 Å². The number of nitrogens with two attached hydrogens (primary N) is 1. The Labute approximate surface area is 79.7 Å². The zero-order chi connectivity index (χ0) is 10.6. The van der Waals surface area contributed by atoms with Crippen molar-refractivity contribution in [3.05, 3.63) is 0 Å². The van der Waals surface area contributed by atoms with Crippen molar-refractivity contribution in [3.8, 4) is 0 Å². The predicted octanol–water partition coefficient (Wildman–Crippen LogP) is 0.519. The maximum Gasteiger partial charge on any atom is 0.304 e. The highest BCUT2D eigenvalue weighted by atomic mass is 16.4. The van der Waals surface area contributed by atoms with Gasteiger partial charge in [0.05, 0.1) is 6.42 Å². The van der Waals surface area contributed by atoms with Crippen LogP contribution in [0.15, 0.2) is 0 Å². The molecule has 0 bridgehead atoms. The molecule has 3 N–H and O–H groups in total. The lowest BCUT2D eigenvalue weighted by molar-refractivity contribution is -0.137. The quantitative estimate of drug-likeness (QED) is 0.675. The molecule has 0 radical (unpaired) electrons. The molecule has 0 saturated carbocycles. The molecule has 0 aliphatic heterocycles. The molecule has 4 heteroatoms. The average molecular weight is 188 g/mol. The van der Waals surface area contributed by atoms with Gasteiger partial charge in [-0.15, -0.1) is 0 Å². The Morgan fingerprint density at radius 2 is 2.00 bits per heavy atom. The predicted molar refractivity (Wildman–Crippen MR) is 52.6 cm³/mol. The molecular formula is C9H20N2O2. The number of carboxylic acid groups (broad SMARTS) is 1. The van der Waals surface area contributed by atoms with Crippen molar-refractivity contribution in [2.75, 3.05) is 13.6 Å². The first-order valence-corrected chi connectivity index (χ1v) is 4.42. The first kappa shape index (κ1) is 12.4. The van der Waals surface area contributed by atoms with Crippen LogP contribution in [0.3, 0.4) is 0 Å². The van der Waals surface area contributed by atoms with Gasteiger partial charge in [0.15, 0.2) is 0 Å². The lowest BCUT2D eigenvalue weighted by Crippen LogP contribution is -2.45. The number of aliphatic carboxylic acids is 1. The lowest BCUT2D eigenvalue weighted by Gasteiger charge is -2.33. The van der Waals surface area contributed by atoms with Crippen molar-refractivity contribution in [3.63, 3.8) is 0 Å². The van der Waals surface area contributed by atoms with E-state index < -0.39 is 5.97 Å². The Morgan fingerprint density at radius 3 is 2.31 bits per heavy atom. The van der Waals surface area contributed by atoms with Gasteiger partial charge in [-0.2, -0.15) is 0 Å². The fraction of sp³-hybridized carbons (Fsp3) is 0.889. The normalized spacial score (nSPS) is 14.6. The Morgan fingerprint density at radius 1 is 1.54 bits per heavy atom. The van der Waals surface area contributed by atoms with Crippen LogP contribution < -0.4 is 5.73 Å². The van der Waals surface area contributed by atoms with Crippen LogP contribution in [0.25, 0.3) is 0 Å². The van der Waals surface area contributed by atoms with Crippen LogP contribution in [-0.4, -0.2) is 41.1 Å². The fourth-order valence-corrected chi connectivity index (χ4v) is 0.914. The molecule has 0 aliphatic rings. The Bertz CT molecular complexity index is 175. The van der Waals surface area contributed by atoms with Crippen molar-refractivity contribution < 1.29 is 9.90 Å². The standard InChI is InChI=1S/C9H20N2O2/c1-9(2,3)11(4)6-7(10)5-8(12)13/h7H,5-6,10H2,1-4H3,(H,12,13). The van der Waals surface area contributed by atoms with E-state index in [0.717, 1.165) is 0 Å². The molecule has 1 unspecified atom stereocenters. The highest BCUT2D eigenvalue weighted by molar-refractivity contribution is 5.67. The van der Waals surface area contributed by atoms with Gasteiger partial charge in [-0.25, -0.2) is 0 Å². The SMILES string of the molecule is CN(CC(N)CC(=O)O)C(C)(C)C. The monoisotopic (exact) mass is 188 g/mol. The third kappa shape index (κ3) is 5.60. The van der Waals surface area contributed by atoms with E-state index in [2.05, 4.69) is 25.7 Å². The van der Waals surface area contributed by atoms with Gasteiger partial charge in [-0.1, -0.05) is 0 Å². The zero-order valence-electron chi connectivity index (χ0n) is 8.87. The van der Waals surface area contributed by atoms with E-state index in [1.54, 1.807) is 0 Å². The summed E-state index contributed by atoms with van der Waals surface area (Å²) in [6, 6.07) is -0.290. The van der Waals surface area contributed by atoms with E-state index in [4.69, 9.17) is 10.8 Å². The molecule has 1 atom stereocenters. The smallest absolute Gasteiger partial charge is 0.304 e. The van der Waals surface area contributed by atoms with E-state index in [1.807, 2.05) is 7.05 Å². The second kappa shape index (κ2) is 4.58. The van der Waals surface area contributed by atoms with Gasteiger partial charge < -0.3 is 10.8 Å². The van der Waals surface area contributed by atoms with Crippen LogP contribution in [0.2, 0.25) is 0 Å². The van der Waals surface area contributed by atoms with E-state index >= 15 is 0 Å². The summed E-state index contributed by atoms with van der Waals surface area (Å²) in [5.74, 6) is -0.838. The molecule has 78 valence electrons. The number of carboxylic acids is 1. The number of hydrogen-bond acceptors (Lipinski definition) is 3. The summed E-state index contributed by atoms with van der Waals surface area (Å²) in [7, 11) is 1.95. The minimum Gasteiger partial charge on any atom is -0.481 e. The van der Waals surface area contributed by atoms with Gasteiger partial charge in [0.2, 0.25) is 0 Å². The van der Waals surface area contributed by atoms with Crippen LogP contribution in [0.1, 0.15) is 27.2 Å². The number of likely N-dealkylation sites (N-methyl/N-ethyl adjacent to an activating group) is 1. The second-order valence-electron chi connectivity index (χ2n) is 4.41. The molecule has 0 aliphatic carbocycles. The zero-order valence-corrected chi connectivity index (χ0v) is 8.87. The maximum atomic E-state index is 10.3. The Kier molecular flexibility index (Phi) is 4.36. The van der Waals surface area contributed by atoms with E-state index in [0.29, 0.717) is 6.54 Å². The third-order valence-corrected chi connectivity index (χ3v) is 2.09. The highest BCUT2D eigenvalue weighted by Crippen LogP contribution is 2.10. The van der Waals surface area contributed by atoms with Crippen molar-refractivity contribution >= 4 is 5.97 Å². The van der Waals surface area contributed by atoms with Crippen LogP contribution in [0.4, 0.5) is 0 Å². The van der Waals surface area contributed by atoms with Gasteiger partial charge in [0.25, 0.3) is 0 Å². The van der Waals surface area contributed by atoms with Gasteiger partial charge in [0.1, 0.15) is 0 Å². The Balaban J connectivity index is 3.92. The van der Waals surface area contributed by atoms with Gasteiger partial charge in [0, 0.05) is 18.1 Å². The maximum absolute atomic E-state index is 10.3. The van der Waals surface area contributed by atoms with E-state index in [9.17, 15) is 4.79 Å². The Hall–Kier alpha value is -0.610. The summed E-state index contributed by atoms with van der Waals surface area (Å²) in [5, 5.41) is 8.50. The fourth-order valence-electron chi connectivity index (χ4n) is 0.914. The van der Waals surface area contributed by atoms with Gasteiger partial charge >= 0.3 is 5.97 Å². The van der Waals surface area contributed by atoms with Crippen molar-refractivity contribution in [1.29, 1.82) is 0 Å². The van der Waals surface area contributed by atoms with E-state index in [1.165, 1.54) is 0 Å². The molecule has 0 amide bonds. The summed E-state index contributed by atoms with van der Waals surface area (Å²) in [4.78, 5) is 12.4. The average Bonchev–Trinajstić information content (AvgIpc) is 1.82. The number of nitrogens with zero attached hydrogens (tertiary/aromatic N) is 1. The minimum absolute atomic E-state index is 0.0282. The lowest BCUT2D eigenvalue weighted by atomic mass is 10.1. The molecule has 4 nitrogen and oxygen atoms in total. The minimum atomic E-state index is -0.838. The largest absolute Gasteiger partial charge is 0.481 e. The summed E-state index contributed by atoms with van der Waals surface area (Å²) in [6.07, 6.45) is 0.0282. The van der Waals surface area contributed by atoms with Gasteiger partial charge in [-0.3, -0.25) is 9.69 Å². The molecule has 0 heterocycles. The summed E-state index contributed by atoms with van der Waals surface area (Å²) in [5.41, 5.74) is 5.69. The van der Waals surface area contributed by atoms with Crippen LogP contribution in [0.5, 0.6) is 0 Å². The van der Waals surface area contributed by atoms with Crippen molar-refractivity contribution in [1.82, 2.24) is 4.90 Å².